The number of hydrogen-bond donors (Lipinski definition) is 1. The molecule has 94 valence electrons. The molecule has 0 bridgehead atoms. The number of nitrogens with two attached hydrogens (primary N) is 1. The Balaban J connectivity index is 2.30. The highest BCUT2D eigenvalue weighted by Crippen LogP contribution is 2.23. The number of aromatic nitrogens is 1. The molecule has 17 heavy (non-hydrogen) atoms. The summed E-state index contributed by atoms with van der Waals surface area (Å²) in [6, 6.07) is 2.39. The lowest BCUT2D eigenvalue weighted by Crippen LogP contribution is -2.35. The van der Waals surface area contributed by atoms with Crippen LogP contribution in [-0.2, 0) is 0 Å². The summed E-state index contributed by atoms with van der Waals surface area (Å²) in [4.78, 5) is 14.4. The summed E-state index contributed by atoms with van der Waals surface area (Å²) in [7, 11) is 0. The van der Waals surface area contributed by atoms with Crippen molar-refractivity contribution in [2.75, 3.05) is 12.3 Å². The average molecular weight is 235 g/mol. The lowest BCUT2D eigenvalue weighted by molar-refractivity contribution is 0.0735. The molecule has 2 N–H and O–H groups in total. The second-order valence-electron chi connectivity index (χ2n) is 5.15. The van der Waals surface area contributed by atoms with Crippen LogP contribution < -0.4 is 5.73 Å². The molecule has 2 rings (SSSR count). The minimum Gasteiger partial charge on any atom is -0.397 e. The number of carbonyl (C=O) groups excluding carboxylic acids is 1. The highest BCUT2D eigenvalue weighted by molar-refractivity contribution is 5.94. The molecule has 1 aromatic rings. The molecule has 1 aromatic heterocycles. The molecule has 0 aromatic carbocycles. The summed E-state index contributed by atoms with van der Waals surface area (Å²) in [6.07, 6.45) is 4.05. The molecule has 1 fully saturated rings. The van der Waals surface area contributed by atoms with Gasteiger partial charge < -0.3 is 15.2 Å². The third-order valence-electron chi connectivity index (χ3n) is 3.46. The summed E-state index contributed by atoms with van der Waals surface area (Å²) in [5, 5.41) is 0. The first-order valence-corrected chi connectivity index (χ1v) is 6.29. The molecule has 4 nitrogen and oxygen atoms in total. The molecule has 0 aliphatic carbocycles. The van der Waals surface area contributed by atoms with Crippen molar-refractivity contribution >= 4 is 11.6 Å². The lowest BCUT2D eigenvalue weighted by atomic mass is 10.2. The Morgan fingerprint density at radius 3 is 2.76 bits per heavy atom. The summed E-state index contributed by atoms with van der Waals surface area (Å²) in [5.41, 5.74) is 7.17. The van der Waals surface area contributed by atoms with Crippen LogP contribution >= 0.6 is 0 Å². The fourth-order valence-electron chi connectivity index (χ4n) is 2.48. The molecule has 1 saturated heterocycles. The monoisotopic (exact) mass is 235 g/mol. The van der Waals surface area contributed by atoms with Crippen LogP contribution in [0.3, 0.4) is 0 Å². The zero-order chi connectivity index (χ0) is 12.6. The summed E-state index contributed by atoms with van der Waals surface area (Å²) >= 11 is 0. The van der Waals surface area contributed by atoms with Gasteiger partial charge in [0.1, 0.15) is 5.69 Å². The third-order valence-corrected chi connectivity index (χ3v) is 3.46. The third kappa shape index (κ3) is 2.16. The molecule has 1 unspecified atom stereocenters. The maximum Gasteiger partial charge on any atom is 0.270 e. The molecule has 4 heteroatoms. The van der Waals surface area contributed by atoms with Crippen molar-refractivity contribution < 1.29 is 4.79 Å². The average Bonchev–Trinajstić information content (AvgIpc) is 2.83. The number of anilines is 1. The number of hydrogen-bond acceptors (Lipinski definition) is 2. The highest BCUT2D eigenvalue weighted by Gasteiger charge is 2.28. The number of amides is 1. The maximum atomic E-state index is 12.4. The molecule has 1 amide bonds. The molecule has 0 saturated carbocycles. The molecule has 1 atom stereocenters. The van der Waals surface area contributed by atoms with Crippen LogP contribution in [0.5, 0.6) is 0 Å². The van der Waals surface area contributed by atoms with Crippen LogP contribution in [0.25, 0.3) is 0 Å². The van der Waals surface area contributed by atoms with Gasteiger partial charge in [-0.05, 0) is 39.7 Å². The first kappa shape index (κ1) is 12.0. The Kier molecular flexibility index (Phi) is 3.13. The lowest BCUT2D eigenvalue weighted by Gasteiger charge is -2.23. The van der Waals surface area contributed by atoms with Crippen molar-refractivity contribution in [3.63, 3.8) is 0 Å². The summed E-state index contributed by atoms with van der Waals surface area (Å²) < 4.78 is 1.96. The minimum atomic E-state index is 0.111. The first-order chi connectivity index (χ1) is 8.00. The van der Waals surface area contributed by atoms with Crippen LogP contribution in [0.2, 0.25) is 0 Å². The van der Waals surface area contributed by atoms with Crippen molar-refractivity contribution in [2.24, 2.45) is 0 Å². The van der Waals surface area contributed by atoms with Gasteiger partial charge in [0.15, 0.2) is 0 Å². The van der Waals surface area contributed by atoms with Crippen molar-refractivity contribution in [1.82, 2.24) is 9.47 Å². The number of nitrogen functional groups attached to an aromatic ring is 1. The van der Waals surface area contributed by atoms with Gasteiger partial charge >= 0.3 is 0 Å². The van der Waals surface area contributed by atoms with E-state index < -0.39 is 0 Å². The molecule has 0 spiro atoms. The molecule has 1 aliphatic heterocycles. The Morgan fingerprint density at radius 2 is 2.24 bits per heavy atom. The van der Waals surface area contributed by atoms with Gasteiger partial charge in [0.25, 0.3) is 5.91 Å². The first-order valence-electron chi connectivity index (χ1n) is 6.29. The second-order valence-corrected chi connectivity index (χ2v) is 5.15. The van der Waals surface area contributed by atoms with Gasteiger partial charge in [-0.15, -0.1) is 0 Å². The summed E-state index contributed by atoms with van der Waals surface area (Å²) in [6.45, 7) is 7.09. The van der Waals surface area contributed by atoms with Gasteiger partial charge in [-0.25, -0.2) is 0 Å². The second kappa shape index (κ2) is 4.43. The SMILES string of the molecule is CC1CCCN1C(=O)c1cc(N)cn1C(C)C. The summed E-state index contributed by atoms with van der Waals surface area (Å²) in [5.74, 6) is 0.111. The van der Waals surface area contributed by atoms with Crippen LogP contribution in [0.15, 0.2) is 12.3 Å². The van der Waals surface area contributed by atoms with Crippen molar-refractivity contribution in [3.05, 3.63) is 18.0 Å². The van der Waals surface area contributed by atoms with E-state index >= 15 is 0 Å². The van der Waals surface area contributed by atoms with E-state index in [1.807, 2.05) is 15.7 Å². The molecule has 0 radical (unpaired) electrons. The Labute approximate surface area is 102 Å². The van der Waals surface area contributed by atoms with E-state index in [0.717, 1.165) is 19.4 Å². The van der Waals surface area contributed by atoms with Gasteiger partial charge in [-0.1, -0.05) is 0 Å². The fraction of sp³-hybridized carbons (Fsp3) is 0.615. The van der Waals surface area contributed by atoms with E-state index in [0.29, 0.717) is 17.4 Å². The Bertz CT molecular complexity index is 422. The van der Waals surface area contributed by atoms with Gasteiger partial charge in [0.2, 0.25) is 0 Å². The fourth-order valence-corrected chi connectivity index (χ4v) is 2.48. The van der Waals surface area contributed by atoms with Gasteiger partial charge in [0.05, 0.1) is 5.69 Å². The Hall–Kier alpha value is -1.45. The van der Waals surface area contributed by atoms with E-state index in [1.165, 1.54) is 0 Å². The predicted molar refractivity (Wildman–Crippen MR) is 69.0 cm³/mol. The highest BCUT2D eigenvalue weighted by atomic mass is 16.2. The number of rotatable bonds is 2. The van der Waals surface area contributed by atoms with E-state index in [4.69, 9.17) is 5.73 Å². The van der Waals surface area contributed by atoms with E-state index in [2.05, 4.69) is 20.8 Å². The predicted octanol–water partition coefficient (Wildman–Crippen LogP) is 2.28. The molecule has 1 aliphatic rings. The van der Waals surface area contributed by atoms with E-state index in [9.17, 15) is 4.79 Å². The molecule has 2 heterocycles. The standard InChI is InChI=1S/C13H21N3O/c1-9(2)16-8-11(14)7-12(16)13(17)15-6-4-5-10(15)3/h7-10H,4-6,14H2,1-3H3. The van der Waals surface area contributed by atoms with Gasteiger partial charge in [-0.3, -0.25) is 4.79 Å². The zero-order valence-corrected chi connectivity index (χ0v) is 10.8. The topological polar surface area (TPSA) is 51.3 Å². The smallest absolute Gasteiger partial charge is 0.270 e. The largest absolute Gasteiger partial charge is 0.397 e. The van der Waals surface area contributed by atoms with Crippen LogP contribution in [0.1, 0.15) is 50.1 Å². The maximum absolute atomic E-state index is 12.4. The van der Waals surface area contributed by atoms with Crippen molar-refractivity contribution in [2.45, 2.75) is 45.7 Å². The minimum absolute atomic E-state index is 0.111. The van der Waals surface area contributed by atoms with E-state index in [-0.39, 0.29) is 11.9 Å². The van der Waals surface area contributed by atoms with Crippen LogP contribution in [0.4, 0.5) is 5.69 Å². The van der Waals surface area contributed by atoms with Crippen molar-refractivity contribution in [1.29, 1.82) is 0 Å². The number of likely N-dealkylation sites (tertiary alicyclic amines) is 1. The number of nitrogens with zero attached hydrogens (tertiary/aromatic N) is 2. The van der Waals surface area contributed by atoms with Crippen LogP contribution in [-0.4, -0.2) is 28.0 Å². The molecular weight excluding hydrogens is 214 g/mol. The van der Waals surface area contributed by atoms with Crippen molar-refractivity contribution in [3.8, 4) is 0 Å². The van der Waals surface area contributed by atoms with Crippen LogP contribution in [0, 0.1) is 0 Å². The van der Waals surface area contributed by atoms with Gasteiger partial charge in [-0.2, -0.15) is 0 Å². The number of carbonyl (C=O) groups is 1. The zero-order valence-electron chi connectivity index (χ0n) is 10.8. The van der Waals surface area contributed by atoms with Gasteiger partial charge in [0, 0.05) is 24.8 Å². The normalized spacial score (nSPS) is 20.2. The molecular formula is C13H21N3O. The quantitative estimate of drug-likeness (QED) is 0.855. The van der Waals surface area contributed by atoms with E-state index in [1.54, 1.807) is 6.07 Å². The Morgan fingerprint density at radius 1 is 1.53 bits per heavy atom.